The highest BCUT2D eigenvalue weighted by Crippen LogP contribution is 2.33. The van der Waals surface area contributed by atoms with E-state index in [1.165, 1.54) is 15.3 Å². The van der Waals surface area contributed by atoms with Gasteiger partial charge in [-0.25, -0.2) is 0 Å². The Hall–Kier alpha value is -5.54. The predicted octanol–water partition coefficient (Wildman–Crippen LogP) is 6.26. The molecule has 0 unspecified atom stereocenters. The van der Waals surface area contributed by atoms with Gasteiger partial charge < -0.3 is 41.7 Å². The zero-order valence-corrected chi connectivity index (χ0v) is 37.3. The van der Waals surface area contributed by atoms with E-state index >= 15 is 0 Å². The number of benzene rings is 2. The lowest BCUT2D eigenvalue weighted by Crippen LogP contribution is -2.57. The number of hydrogen-bond donors (Lipinski definition) is 6. The molecule has 4 heterocycles. The molecule has 6 rings (SSSR count). The molecule has 7 N–H and O–H groups in total. The van der Waals surface area contributed by atoms with Crippen LogP contribution in [0.4, 0.5) is 11.5 Å². The van der Waals surface area contributed by atoms with Crippen LogP contribution in [0.2, 0.25) is 0 Å². The minimum Gasteiger partial charge on any atom is -0.507 e. The summed E-state index contributed by atoms with van der Waals surface area (Å²) in [6.45, 7) is 11.0. The number of amides is 4. The highest BCUT2D eigenvalue weighted by molar-refractivity contribution is 7.13. The third-order valence-corrected chi connectivity index (χ3v) is 13.0. The summed E-state index contributed by atoms with van der Waals surface area (Å²) in [5.74, 6) is -0.543. The van der Waals surface area contributed by atoms with Gasteiger partial charge in [-0.15, -0.1) is 21.5 Å². The van der Waals surface area contributed by atoms with Gasteiger partial charge in [0.15, 0.2) is 5.82 Å². The summed E-state index contributed by atoms with van der Waals surface area (Å²) in [7, 11) is 0. The zero-order chi connectivity index (χ0) is 44.6. The van der Waals surface area contributed by atoms with Gasteiger partial charge >= 0.3 is 0 Å². The van der Waals surface area contributed by atoms with Crippen molar-refractivity contribution in [2.75, 3.05) is 30.3 Å². The van der Waals surface area contributed by atoms with E-state index in [0.717, 1.165) is 42.5 Å². The molecule has 0 radical (unpaired) electrons. The Balaban J connectivity index is 0.903. The number of nitrogens with two attached hydrogens (primary N) is 1. The Kier molecular flexibility index (Phi) is 15.2. The van der Waals surface area contributed by atoms with E-state index in [2.05, 4.69) is 49.4 Å². The van der Waals surface area contributed by atoms with Crippen LogP contribution in [0, 0.1) is 12.3 Å². The lowest BCUT2D eigenvalue weighted by molar-refractivity contribution is -0.144. The number of carbonyl (C=O) groups is 4. The number of nitrogen functional groups attached to an aromatic ring is 1. The van der Waals surface area contributed by atoms with E-state index < -0.39 is 23.6 Å². The third-order valence-electron chi connectivity index (χ3n) is 11.9. The Bertz CT molecular complexity index is 2180. The van der Waals surface area contributed by atoms with Crippen LogP contribution in [0.25, 0.3) is 21.7 Å². The van der Waals surface area contributed by atoms with Gasteiger partial charge in [-0.05, 0) is 91.3 Å². The molecule has 0 bridgehead atoms. The second-order valence-electron chi connectivity index (χ2n) is 17.8. The fourth-order valence-electron chi connectivity index (χ4n) is 8.29. The molecule has 2 aliphatic rings. The second-order valence-corrected chi connectivity index (χ2v) is 18.7. The average molecular weight is 867 g/mol. The maximum absolute atomic E-state index is 14.1. The lowest BCUT2D eigenvalue weighted by Gasteiger charge is -2.35. The van der Waals surface area contributed by atoms with Gasteiger partial charge in [-0.1, -0.05) is 70.0 Å². The third kappa shape index (κ3) is 11.7. The molecule has 0 saturated carbocycles. The molecule has 2 aromatic heterocycles. The number of nitrogens with one attached hydrogen (secondary N) is 3. The van der Waals surface area contributed by atoms with Crippen LogP contribution < -0.4 is 26.6 Å². The molecule has 4 amide bonds. The molecule has 14 nitrogen and oxygen atoms in total. The van der Waals surface area contributed by atoms with Gasteiger partial charge in [0.2, 0.25) is 23.6 Å². The number of hydrogen-bond acceptors (Lipinski definition) is 11. The number of phenols is 1. The fraction of sp³-hybridized carbons (Fsp3) is 0.489. The number of phenolic OH excluding ortho intramolecular Hbond substituents is 1. The Morgan fingerprint density at radius 1 is 0.919 bits per heavy atom. The number of carbonyl (C=O) groups excluding carboxylic acids is 4. The number of likely N-dealkylation sites (tertiary alicyclic amines) is 1. The topological polar surface area (TPSA) is 203 Å². The number of β-amino-alcohol motifs (C(OH)–C–C–N with tert-alkyl or cyclic N) is 1. The number of aliphatic hydroxyl groups excluding tert-OH is 1. The van der Waals surface area contributed by atoms with Crippen molar-refractivity contribution in [2.45, 2.75) is 123 Å². The number of unbranched alkanes of at least 4 members (excludes halogenated alkanes) is 3. The van der Waals surface area contributed by atoms with Crippen molar-refractivity contribution in [3.05, 3.63) is 77.2 Å². The van der Waals surface area contributed by atoms with Crippen molar-refractivity contribution in [1.29, 1.82) is 0 Å². The molecular weight excluding hydrogens is 805 g/mol. The van der Waals surface area contributed by atoms with Crippen LogP contribution in [0.5, 0.6) is 5.75 Å². The first-order chi connectivity index (χ1) is 29.6. The zero-order valence-electron chi connectivity index (χ0n) is 36.5. The molecule has 2 aliphatic heterocycles. The fourth-order valence-corrected chi connectivity index (χ4v) is 9.23. The van der Waals surface area contributed by atoms with Crippen LogP contribution in [0.3, 0.4) is 0 Å². The first-order valence-electron chi connectivity index (χ1n) is 21.8. The summed E-state index contributed by atoms with van der Waals surface area (Å²) in [6.07, 6.45) is 4.24. The van der Waals surface area contributed by atoms with Crippen LogP contribution in [0.1, 0.15) is 103 Å². The first kappa shape index (κ1) is 46.0. The molecule has 2 saturated heterocycles. The minimum atomic E-state index is -0.892. The van der Waals surface area contributed by atoms with Crippen molar-refractivity contribution >= 4 is 46.5 Å². The van der Waals surface area contributed by atoms with E-state index in [1.54, 1.807) is 29.5 Å². The number of para-hydroxylation sites is 1. The molecule has 0 aliphatic carbocycles. The van der Waals surface area contributed by atoms with Gasteiger partial charge in [0.1, 0.15) is 17.8 Å². The highest BCUT2D eigenvalue weighted by Gasteiger charge is 2.44. The summed E-state index contributed by atoms with van der Waals surface area (Å²) < 4.78 is 0. The second kappa shape index (κ2) is 20.6. The smallest absolute Gasteiger partial charge is 0.246 e. The monoisotopic (exact) mass is 866 g/mol. The SMILES string of the molecule is Cc1ccsc1-c1ccc([C@H](C)NC(=O)[C@@H]2C[C@@H](O)CN2C(=O)[C@@H](NC(=O)CCCCCCC(=O)NC2CCN(c3cc(-c4ccccc4O)nnc3N)CC2)C(C)(C)C)cc1. The maximum atomic E-state index is 14.1. The minimum absolute atomic E-state index is 0.00619. The molecule has 62 heavy (non-hydrogen) atoms. The number of aromatic nitrogens is 2. The standard InChI is InChI=1S/C47H62N8O6S/c1-29-22-25-62-42(29)32-18-16-31(17-19-32)30(2)49-45(60)38-26-34(56)28-55(38)46(61)43(47(3,4)5)51-41(59)15-9-7-6-8-14-40(58)50-33-20-23-54(24-21-33)37-27-36(52-53-44(37)48)35-12-10-11-13-39(35)57/h10-13,16-19,22,25,27,30,33-34,38,43,56-57H,6-9,14-15,20-21,23-24,26,28H2,1-5H3,(H2,48,53)(H,49,60)(H,50,58)(H,51,59)/t30-,34+,38-,43+/m0/s1. The molecule has 4 aromatic rings. The summed E-state index contributed by atoms with van der Waals surface area (Å²) in [5.41, 5.74) is 10.7. The van der Waals surface area contributed by atoms with E-state index in [0.29, 0.717) is 49.4 Å². The summed E-state index contributed by atoms with van der Waals surface area (Å²) >= 11 is 1.69. The van der Waals surface area contributed by atoms with E-state index in [1.807, 2.05) is 64.1 Å². The molecule has 2 fully saturated rings. The van der Waals surface area contributed by atoms with Crippen LogP contribution in [-0.2, 0) is 19.2 Å². The molecule has 15 heteroatoms. The van der Waals surface area contributed by atoms with Gasteiger partial charge in [0, 0.05) is 55.4 Å². The highest BCUT2D eigenvalue weighted by atomic mass is 32.1. The van der Waals surface area contributed by atoms with Gasteiger partial charge in [-0.2, -0.15) is 0 Å². The van der Waals surface area contributed by atoms with Crippen molar-refractivity contribution in [1.82, 2.24) is 31.0 Å². The normalized spacial score (nSPS) is 18.0. The van der Waals surface area contributed by atoms with Gasteiger partial charge in [0.05, 0.1) is 23.5 Å². The Morgan fingerprint density at radius 2 is 1.60 bits per heavy atom. The van der Waals surface area contributed by atoms with Crippen molar-refractivity contribution < 1.29 is 29.4 Å². The molecular formula is C47H62N8O6S. The van der Waals surface area contributed by atoms with Crippen LogP contribution in [-0.4, -0.2) is 92.8 Å². The van der Waals surface area contributed by atoms with Crippen LogP contribution >= 0.6 is 11.3 Å². The number of piperidine rings is 1. The molecule has 0 spiro atoms. The quantitative estimate of drug-likeness (QED) is 0.0698. The van der Waals surface area contributed by atoms with E-state index in [4.69, 9.17) is 5.73 Å². The number of rotatable bonds is 16. The molecule has 4 atom stereocenters. The summed E-state index contributed by atoms with van der Waals surface area (Å²) in [6, 6.07) is 17.0. The Labute approximate surface area is 368 Å². The van der Waals surface area contributed by atoms with Crippen LogP contribution in [0.15, 0.2) is 66.0 Å². The number of aryl methyl sites for hydroxylation is 1. The van der Waals surface area contributed by atoms with Crippen molar-refractivity contribution in [2.24, 2.45) is 5.41 Å². The summed E-state index contributed by atoms with van der Waals surface area (Å²) in [4.78, 5) is 58.5. The van der Waals surface area contributed by atoms with Crippen molar-refractivity contribution in [3.8, 4) is 27.4 Å². The van der Waals surface area contributed by atoms with Crippen molar-refractivity contribution in [3.63, 3.8) is 0 Å². The number of aliphatic hydroxyl groups is 1. The predicted molar refractivity (Wildman–Crippen MR) is 243 cm³/mol. The number of aromatic hydroxyl groups is 1. The first-order valence-corrected chi connectivity index (χ1v) is 22.7. The van der Waals surface area contributed by atoms with E-state index in [-0.39, 0.29) is 60.8 Å². The molecule has 332 valence electrons. The molecule has 2 aromatic carbocycles. The number of nitrogens with zero attached hydrogens (tertiary/aromatic N) is 4. The van der Waals surface area contributed by atoms with E-state index in [9.17, 15) is 29.4 Å². The maximum Gasteiger partial charge on any atom is 0.246 e. The number of thiophene rings is 1. The average Bonchev–Trinajstić information content (AvgIpc) is 3.86. The largest absolute Gasteiger partial charge is 0.507 e. The lowest BCUT2D eigenvalue weighted by atomic mass is 9.85. The van der Waals surface area contributed by atoms with Gasteiger partial charge in [-0.3, -0.25) is 19.2 Å². The summed E-state index contributed by atoms with van der Waals surface area (Å²) in [5, 5.41) is 40.4. The number of anilines is 2. The Morgan fingerprint density at radius 3 is 2.24 bits per heavy atom. The van der Waals surface area contributed by atoms with Gasteiger partial charge in [0.25, 0.3) is 0 Å².